The first-order valence-electron chi connectivity index (χ1n) is 6.26. The molecule has 1 atom stereocenters. The van der Waals surface area contributed by atoms with Gasteiger partial charge in [-0.05, 0) is 46.2 Å². The van der Waals surface area contributed by atoms with Crippen LogP contribution in [0, 0.1) is 13.8 Å². The number of nitrogens with zero attached hydrogens (tertiary/aromatic N) is 1. The lowest BCUT2D eigenvalue weighted by Gasteiger charge is -2.22. The number of rotatable bonds is 3. The predicted octanol–water partition coefficient (Wildman–Crippen LogP) is 2.35. The van der Waals surface area contributed by atoms with Gasteiger partial charge in [0.2, 0.25) is 0 Å². The van der Waals surface area contributed by atoms with Crippen molar-refractivity contribution in [1.82, 2.24) is 10.3 Å². The van der Waals surface area contributed by atoms with E-state index in [9.17, 15) is 14.7 Å². The van der Waals surface area contributed by atoms with Gasteiger partial charge in [0.25, 0.3) is 0 Å². The van der Waals surface area contributed by atoms with E-state index >= 15 is 0 Å². The molecule has 6 heteroatoms. The number of carboxylic acids is 1. The summed E-state index contributed by atoms with van der Waals surface area (Å²) in [4.78, 5) is 27.2. The van der Waals surface area contributed by atoms with Crippen LogP contribution in [0.4, 0.5) is 4.79 Å². The maximum atomic E-state index is 11.7. The topological polar surface area (TPSA) is 88.5 Å². The van der Waals surface area contributed by atoms with E-state index in [0.717, 1.165) is 11.3 Å². The highest BCUT2D eigenvalue weighted by Crippen LogP contribution is 2.15. The Morgan fingerprint density at radius 1 is 1.30 bits per heavy atom. The summed E-state index contributed by atoms with van der Waals surface area (Å²) >= 11 is 0. The fourth-order valence-corrected chi connectivity index (χ4v) is 1.50. The van der Waals surface area contributed by atoms with Crippen LogP contribution in [0.2, 0.25) is 0 Å². The molecular weight excluding hydrogens is 260 g/mol. The normalized spacial score (nSPS) is 12.7. The average Bonchev–Trinajstić information content (AvgIpc) is 2.27. The summed E-state index contributed by atoms with van der Waals surface area (Å²) in [6, 6.07) is 2.12. The number of amides is 1. The van der Waals surface area contributed by atoms with Crippen molar-refractivity contribution in [2.24, 2.45) is 0 Å². The Bertz CT molecular complexity index is 520. The van der Waals surface area contributed by atoms with Gasteiger partial charge in [0.1, 0.15) is 5.60 Å². The van der Waals surface area contributed by atoms with Crippen LogP contribution in [0.5, 0.6) is 0 Å². The first kappa shape index (κ1) is 15.9. The Morgan fingerprint density at radius 2 is 1.90 bits per heavy atom. The fourth-order valence-electron chi connectivity index (χ4n) is 1.50. The Hall–Kier alpha value is -2.11. The monoisotopic (exact) mass is 280 g/mol. The van der Waals surface area contributed by atoms with E-state index in [1.165, 1.54) is 0 Å². The molecule has 0 aliphatic rings. The number of carboxylic acid groups (broad SMARTS) is 1. The second kappa shape index (κ2) is 5.90. The van der Waals surface area contributed by atoms with E-state index in [4.69, 9.17) is 4.74 Å². The number of aromatic nitrogens is 1. The molecule has 0 aliphatic heterocycles. The Balaban J connectivity index is 2.92. The van der Waals surface area contributed by atoms with Gasteiger partial charge < -0.3 is 15.2 Å². The van der Waals surface area contributed by atoms with Crippen molar-refractivity contribution < 1.29 is 19.4 Å². The number of carbonyl (C=O) groups excluding carboxylic acids is 1. The summed E-state index contributed by atoms with van der Waals surface area (Å²) < 4.78 is 5.05. The largest absolute Gasteiger partial charge is 0.479 e. The lowest BCUT2D eigenvalue weighted by atomic mass is 10.1. The lowest BCUT2D eigenvalue weighted by molar-refractivity contribution is -0.139. The number of pyridine rings is 1. The molecule has 1 aromatic heterocycles. The molecule has 0 fully saturated rings. The smallest absolute Gasteiger partial charge is 0.408 e. The standard InChI is InChI=1S/C14H20N2O4/c1-8-6-7-10(15-9(8)2)11(12(17)18)16-13(19)20-14(3,4)5/h6-7,11H,1-5H3,(H,16,19)(H,17,18). The van der Waals surface area contributed by atoms with E-state index < -0.39 is 23.7 Å². The SMILES string of the molecule is Cc1ccc(C(NC(=O)OC(C)(C)C)C(=O)O)nc1C. The summed E-state index contributed by atoms with van der Waals surface area (Å²) in [5, 5.41) is 11.5. The second-order valence-electron chi connectivity index (χ2n) is 5.56. The number of carbonyl (C=O) groups is 2. The van der Waals surface area contributed by atoms with Crippen molar-refractivity contribution in [3.63, 3.8) is 0 Å². The van der Waals surface area contributed by atoms with Gasteiger partial charge in [0.15, 0.2) is 6.04 Å². The first-order valence-corrected chi connectivity index (χ1v) is 6.26. The zero-order valence-electron chi connectivity index (χ0n) is 12.4. The number of aliphatic carboxylic acids is 1. The van der Waals surface area contributed by atoms with Crippen molar-refractivity contribution in [1.29, 1.82) is 0 Å². The van der Waals surface area contributed by atoms with Crippen LogP contribution in [0.15, 0.2) is 12.1 Å². The van der Waals surface area contributed by atoms with E-state index in [1.54, 1.807) is 39.8 Å². The number of hydrogen-bond acceptors (Lipinski definition) is 4. The van der Waals surface area contributed by atoms with Crippen LogP contribution in [0.3, 0.4) is 0 Å². The number of nitrogens with one attached hydrogen (secondary N) is 1. The molecular formula is C14H20N2O4. The van der Waals surface area contributed by atoms with Gasteiger partial charge in [-0.3, -0.25) is 4.98 Å². The minimum Gasteiger partial charge on any atom is -0.479 e. The zero-order chi connectivity index (χ0) is 15.5. The van der Waals surface area contributed by atoms with Crippen LogP contribution in [0.1, 0.15) is 43.8 Å². The summed E-state index contributed by atoms with van der Waals surface area (Å²) in [5.74, 6) is -1.19. The van der Waals surface area contributed by atoms with Gasteiger partial charge in [-0.25, -0.2) is 9.59 Å². The van der Waals surface area contributed by atoms with Gasteiger partial charge >= 0.3 is 12.1 Å². The number of hydrogen-bond donors (Lipinski definition) is 2. The van der Waals surface area contributed by atoms with Crippen LogP contribution < -0.4 is 5.32 Å². The third-order valence-corrected chi connectivity index (χ3v) is 2.58. The van der Waals surface area contributed by atoms with Crippen LogP contribution in [-0.4, -0.2) is 27.8 Å². The second-order valence-corrected chi connectivity index (χ2v) is 5.56. The number of alkyl carbamates (subject to hydrolysis) is 1. The molecule has 0 aromatic carbocycles. The summed E-state index contributed by atoms with van der Waals surface area (Å²) in [5.41, 5.74) is 1.25. The molecule has 0 radical (unpaired) electrons. The molecule has 1 unspecified atom stereocenters. The molecule has 0 aliphatic carbocycles. The quantitative estimate of drug-likeness (QED) is 0.887. The molecule has 2 N–H and O–H groups in total. The fraction of sp³-hybridized carbons (Fsp3) is 0.500. The lowest BCUT2D eigenvalue weighted by Crippen LogP contribution is -2.38. The molecule has 1 amide bonds. The molecule has 6 nitrogen and oxygen atoms in total. The van der Waals surface area contributed by atoms with E-state index in [2.05, 4.69) is 10.3 Å². The van der Waals surface area contributed by atoms with Gasteiger partial charge in [0, 0.05) is 5.69 Å². The molecule has 110 valence electrons. The van der Waals surface area contributed by atoms with Crippen LogP contribution in [0.25, 0.3) is 0 Å². The van der Waals surface area contributed by atoms with Gasteiger partial charge in [-0.2, -0.15) is 0 Å². The van der Waals surface area contributed by atoms with Crippen LogP contribution in [-0.2, 0) is 9.53 Å². The minimum absolute atomic E-state index is 0.270. The first-order chi connectivity index (χ1) is 9.10. The summed E-state index contributed by atoms with van der Waals surface area (Å²) in [7, 11) is 0. The van der Waals surface area contributed by atoms with Gasteiger partial charge in [-0.1, -0.05) is 6.07 Å². The van der Waals surface area contributed by atoms with Crippen molar-refractivity contribution >= 4 is 12.1 Å². The molecule has 1 rings (SSSR count). The summed E-state index contributed by atoms with van der Waals surface area (Å²) in [6.07, 6.45) is -0.787. The molecule has 0 saturated heterocycles. The van der Waals surface area contributed by atoms with E-state index in [1.807, 2.05) is 6.92 Å². The molecule has 0 saturated carbocycles. The molecule has 0 spiro atoms. The highest BCUT2D eigenvalue weighted by molar-refractivity contribution is 5.81. The van der Waals surface area contributed by atoms with Crippen molar-refractivity contribution in [2.75, 3.05) is 0 Å². The number of aryl methyl sites for hydroxylation is 2. The van der Waals surface area contributed by atoms with Gasteiger partial charge in [-0.15, -0.1) is 0 Å². The van der Waals surface area contributed by atoms with E-state index in [-0.39, 0.29) is 5.69 Å². The Kier molecular flexibility index (Phi) is 4.70. The number of ether oxygens (including phenoxy) is 1. The highest BCUT2D eigenvalue weighted by atomic mass is 16.6. The van der Waals surface area contributed by atoms with Crippen molar-refractivity contribution in [3.8, 4) is 0 Å². The van der Waals surface area contributed by atoms with Crippen LogP contribution >= 0.6 is 0 Å². The minimum atomic E-state index is -1.23. The molecule has 20 heavy (non-hydrogen) atoms. The van der Waals surface area contributed by atoms with Crippen molar-refractivity contribution in [2.45, 2.75) is 46.3 Å². The third kappa shape index (κ3) is 4.53. The predicted molar refractivity (Wildman–Crippen MR) is 73.5 cm³/mol. The third-order valence-electron chi connectivity index (χ3n) is 2.58. The summed E-state index contributed by atoms with van der Waals surface area (Å²) in [6.45, 7) is 8.78. The highest BCUT2D eigenvalue weighted by Gasteiger charge is 2.26. The van der Waals surface area contributed by atoms with E-state index in [0.29, 0.717) is 0 Å². The Labute approximate surface area is 118 Å². The van der Waals surface area contributed by atoms with Gasteiger partial charge in [0.05, 0.1) is 5.69 Å². The van der Waals surface area contributed by atoms with Crippen molar-refractivity contribution in [3.05, 3.63) is 29.1 Å². The zero-order valence-corrected chi connectivity index (χ0v) is 12.4. The average molecular weight is 280 g/mol. The Morgan fingerprint density at radius 3 is 2.35 bits per heavy atom. The molecule has 1 aromatic rings. The molecule has 0 bridgehead atoms. The maximum Gasteiger partial charge on any atom is 0.408 e. The molecule has 1 heterocycles. The maximum absolute atomic E-state index is 11.7.